The summed E-state index contributed by atoms with van der Waals surface area (Å²) < 4.78 is 7.52. The van der Waals surface area contributed by atoms with Crippen molar-refractivity contribution in [2.75, 3.05) is 0 Å². The van der Waals surface area contributed by atoms with E-state index < -0.39 is 5.92 Å². The van der Waals surface area contributed by atoms with Crippen LogP contribution in [0.25, 0.3) is 4.96 Å². The minimum Gasteiger partial charge on any atom is -0.508 e. The van der Waals surface area contributed by atoms with Crippen LogP contribution in [0.3, 0.4) is 0 Å². The van der Waals surface area contributed by atoms with Gasteiger partial charge in [-0.05, 0) is 28.7 Å². The van der Waals surface area contributed by atoms with Crippen molar-refractivity contribution in [2.24, 2.45) is 5.41 Å². The molecular formula is C27H23N3O4S. The number of ether oxygens (including phenoxy) is 1. The van der Waals surface area contributed by atoms with Crippen molar-refractivity contribution in [3.8, 4) is 11.6 Å². The van der Waals surface area contributed by atoms with Crippen LogP contribution in [0.15, 0.2) is 70.7 Å². The number of benzene rings is 2. The number of phenols is 1. The second kappa shape index (κ2) is 7.88. The quantitative estimate of drug-likeness (QED) is 0.455. The van der Waals surface area contributed by atoms with E-state index in [0.717, 1.165) is 16.1 Å². The summed E-state index contributed by atoms with van der Waals surface area (Å²) >= 11 is 1.35. The molecule has 2 aliphatic rings. The third-order valence-corrected chi connectivity index (χ3v) is 7.46. The van der Waals surface area contributed by atoms with Crippen LogP contribution in [0.5, 0.6) is 11.6 Å². The molecule has 0 saturated heterocycles. The summed E-state index contributed by atoms with van der Waals surface area (Å²) in [6.07, 6.45) is 1.53. The molecule has 0 radical (unpaired) electrons. The molecule has 1 unspecified atom stereocenters. The molecule has 7 nitrogen and oxygen atoms in total. The maximum absolute atomic E-state index is 13.8. The lowest BCUT2D eigenvalue weighted by Crippen LogP contribution is -2.36. The average molecular weight is 486 g/mol. The molecule has 1 atom stereocenters. The van der Waals surface area contributed by atoms with E-state index in [-0.39, 0.29) is 28.4 Å². The Bertz CT molecular complexity index is 1570. The van der Waals surface area contributed by atoms with Crippen LogP contribution in [0.1, 0.15) is 54.3 Å². The van der Waals surface area contributed by atoms with Gasteiger partial charge in [0.2, 0.25) is 10.8 Å². The normalized spacial score (nSPS) is 18.8. The van der Waals surface area contributed by atoms with Crippen molar-refractivity contribution < 1.29 is 14.6 Å². The van der Waals surface area contributed by atoms with E-state index in [0.29, 0.717) is 41.1 Å². The third-order valence-electron chi connectivity index (χ3n) is 6.55. The van der Waals surface area contributed by atoms with Crippen molar-refractivity contribution in [1.82, 2.24) is 14.6 Å². The first-order chi connectivity index (χ1) is 16.8. The number of fused-ring (bicyclic) bond motifs is 2. The van der Waals surface area contributed by atoms with Gasteiger partial charge < -0.3 is 9.84 Å². The van der Waals surface area contributed by atoms with Gasteiger partial charge in [-0.25, -0.2) is 0 Å². The Balaban J connectivity index is 1.54. The Labute approximate surface area is 205 Å². The van der Waals surface area contributed by atoms with Crippen molar-refractivity contribution in [3.05, 3.63) is 98.0 Å². The number of carbonyl (C=O) groups excluding carboxylic acids is 1. The van der Waals surface area contributed by atoms with Crippen LogP contribution in [0.4, 0.5) is 0 Å². The molecule has 35 heavy (non-hydrogen) atoms. The molecule has 1 aliphatic heterocycles. The minimum absolute atomic E-state index is 0.0347. The molecule has 1 N–H and O–H groups in total. The number of ketones is 1. The van der Waals surface area contributed by atoms with Gasteiger partial charge in [-0.15, -0.1) is 0 Å². The topological polar surface area (TPSA) is 93.8 Å². The predicted octanol–water partition coefficient (Wildman–Crippen LogP) is 4.61. The molecule has 176 valence electrons. The van der Waals surface area contributed by atoms with E-state index in [2.05, 4.69) is 5.10 Å². The summed E-state index contributed by atoms with van der Waals surface area (Å²) in [5, 5.41) is 15.2. The Kier molecular flexibility index (Phi) is 4.89. The van der Waals surface area contributed by atoms with Crippen molar-refractivity contribution in [3.63, 3.8) is 0 Å². The van der Waals surface area contributed by atoms with Gasteiger partial charge >= 0.3 is 0 Å². The molecular weight excluding hydrogens is 462 g/mol. The average Bonchev–Trinajstić information content (AvgIpc) is 3.21. The maximum Gasteiger partial charge on any atom is 0.283 e. The number of allylic oxidation sites excluding steroid dienone is 2. The third kappa shape index (κ3) is 3.74. The molecule has 0 bridgehead atoms. The van der Waals surface area contributed by atoms with Crippen LogP contribution >= 0.6 is 11.3 Å². The molecule has 2 aromatic carbocycles. The number of aromatic hydroxyl groups is 1. The summed E-state index contributed by atoms with van der Waals surface area (Å²) in [7, 11) is 0. The second-order valence-electron chi connectivity index (χ2n) is 9.89. The van der Waals surface area contributed by atoms with Gasteiger partial charge in [0.25, 0.3) is 5.56 Å². The standard InChI is InChI=1S/C27H23N3O4S/c1-27(2)13-18(32)22-19(14-27)34-24-23(21(22)16-8-10-17(31)11-9-16)25(33)30-26(28-24)35-20(29-30)12-15-6-4-3-5-7-15/h3-11,21,31H,12-14H2,1-2H3. The highest BCUT2D eigenvalue weighted by Gasteiger charge is 2.44. The lowest BCUT2D eigenvalue weighted by Gasteiger charge is -2.37. The zero-order valence-electron chi connectivity index (χ0n) is 19.3. The Hall–Kier alpha value is -3.78. The van der Waals surface area contributed by atoms with Crippen LogP contribution in [-0.2, 0) is 11.2 Å². The minimum atomic E-state index is -0.630. The first kappa shape index (κ1) is 21.7. The lowest BCUT2D eigenvalue weighted by atomic mass is 9.70. The summed E-state index contributed by atoms with van der Waals surface area (Å²) in [5.74, 6) is 0.248. The van der Waals surface area contributed by atoms with Crippen LogP contribution < -0.4 is 10.3 Å². The second-order valence-corrected chi connectivity index (χ2v) is 10.9. The molecule has 2 aromatic heterocycles. The number of carbonyl (C=O) groups is 1. The fourth-order valence-corrected chi connectivity index (χ4v) is 5.91. The summed E-state index contributed by atoms with van der Waals surface area (Å²) in [6.45, 7) is 4.07. The maximum atomic E-state index is 13.8. The van der Waals surface area contributed by atoms with Gasteiger partial charge in [0.15, 0.2) is 5.78 Å². The molecule has 3 heterocycles. The van der Waals surface area contributed by atoms with Crippen molar-refractivity contribution in [1.29, 1.82) is 0 Å². The van der Waals surface area contributed by atoms with Gasteiger partial charge in [-0.2, -0.15) is 14.6 Å². The van der Waals surface area contributed by atoms with Crippen LogP contribution in [0.2, 0.25) is 0 Å². The number of aromatic nitrogens is 3. The molecule has 1 aliphatic carbocycles. The highest BCUT2D eigenvalue weighted by molar-refractivity contribution is 7.16. The molecule has 0 saturated carbocycles. The number of Topliss-reactive ketones (excluding diaryl/α,β-unsaturated/α-hetero) is 1. The lowest BCUT2D eigenvalue weighted by molar-refractivity contribution is -0.118. The van der Waals surface area contributed by atoms with E-state index in [1.165, 1.54) is 15.9 Å². The van der Waals surface area contributed by atoms with Crippen molar-refractivity contribution >= 4 is 22.1 Å². The van der Waals surface area contributed by atoms with Gasteiger partial charge in [0.05, 0.1) is 11.5 Å². The van der Waals surface area contributed by atoms with Gasteiger partial charge in [-0.1, -0.05) is 67.6 Å². The van der Waals surface area contributed by atoms with Crippen LogP contribution in [-0.4, -0.2) is 25.5 Å². The molecule has 4 aromatic rings. The SMILES string of the molecule is CC1(C)CC(=O)C2=C(C1)Oc1nc3sc(Cc4ccccc4)nn3c(=O)c1C2c1ccc(O)cc1. The fourth-order valence-electron chi connectivity index (χ4n) is 5.00. The van der Waals surface area contributed by atoms with E-state index in [4.69, 9.17) is 9.72 Å². The van der Waals surface area contributed by atoms with Gasteiger partial charge in [0, 0.05) is 24.8 Å². The zero-order chi connectivity index (χ0) is 24.3. The zero-order valence-corrected chi connectivity index (χ0v) is 20.1. The highest BCUT2D eigenvalue weighted by atomic mass is 32.1. The van der Waals surface area contributed by atoms with Crippen molar-refractivity contribution in [2.45, 2.75) is 39.0 Å². The number of nitrogens with zero attached hydrogens (tertiary/aromatic N) is 3. The number of hydrogen-bond acceptors (Lipinski definition) is 7. The fraction of sp³-hybridized carbons (Fsp3) is 0.259. The van der Waals surface area contributed by atoms with E-state index in [9.17, 15) is 14.7 Å². The van der Waals surface area contributed by atoms with E-state index in [1.807, 2.05) is 44.2 Å². The smallest absolute Gasteiger partial charge is 0.283 e. The molecule has 0 fully saturated rings. The first-order valence-corrected chi connectivity index (χ1v) is 12.3. The summed E-state index contributed by atoms with van der Waals surface area (Å²) in [6, 6.07) is 16.5. The number of hydrogen-bond donors (Lipinski definition) is 1. The van der Waals surface area contributed by atoms with Gasteiger partial charge in [-0.3, -0.25) is 9.59 Å². The number of rotatable bonds is 3. The molecule has 0 amide bonds. The molecule has 6 rings (SSSR count). The van der Waals surface area contributed by atoms with E-state index >= 15 is 0 Å². The van der Waals surface area contributed by atoms with Gasteiger partial charge in [0.1, 0.15) is 16.5 Å². The Morgan fingerprint density at radius 2 is 1.83 bits per heavy atom. The first-order valence-electron chi connectivity index (χ1n) is 11.5. The Morgan fingerprint density at radius 3 is 2.57 bits per heavy atom. The van der Waals surface area contributed by atoms with Crippen LogP contribution in [0, 0.1) is 5.41 Å². The van der Waals surface area contributed by atoms with E-state index in [1.54, 1.807) is 24.3 Å². The summed E-state index contributed by atoms with van der Waals surface area (Å²) in [4.78, 5) is 32.3. The molecule has 0 spiro atoms. The Morgan fingerprint density at radius 1 is 1.09 bits per heavy atom. The largest absolute Gasteiger partial charge is 0.508 e. The number of phenolic OH excluding ortho intramolecular Hbond substituents is 1. The monoisotopic (exact) mass is 485 g/mol. The molecule has 8 heteroatoms. The highest BCUT2D eigenvalue weighted by Crippen LogP contribution is 2.48. The predicted molar refractivity (Wildman–Crippen MR) is 132 cm³/mol. The summed E-state index contributed by atoms with van der Waals surface area (Å²) in [5.41, 5.74) is 2.03.